The van der Waals surface area contributed by atoms with E-state index in [9.17, 15) is 0 Å². The van der Waals surface area contributed by atoms with Crippen LogP contribution >= 0.6 is 0 Å². The third kappa shape index (κ3) is 0.460. The van der Waals surface area contributed by atoms with E-state index in [2.05, 4.69) is 19.1 Å². The maximum Gasteiger partial charge on any atom is -0.0112 e. The molecule has 0 heterocycles. The van der Waals surface area contributed by atoms with Crippen molar-refractivity contribution >= 4 is 0 Å². The molecule has 0 aliphatic heterocycles. The lowest BCUT2D eigenvalue weighted by atomic mass is 9.59. The lowest BCUT2D eigenvalue weighted by Gasteiger charge is -2.46. The van der Waals surface area contributed by atoms with Crippen LogP contribution in [0.25, 0.3) is 0 Å². The third-order valence-corrected chi connectivity index (χ3v) is 2.33. The first-order valence-electron chi connectivity index (χ1n) is 3.32. The van der Waals surface area contributed by atoms with Crippen molar-refractivity contribution in [1.29, 1.82) is 0 Å². The summed E-state index contributed by atoms with van der Waals surface area (Å²) in [6.45, 7) is 4.11. The second-order valence-corrected chi connectivity index (χ2v) is 3.27. The molecule has 0 saturated heterocycles. The molecule has 0 amide bonds. The topological polar surface area (TPSA) is 0 Å². The summed E-state index contributed by atoms with van der Waals surface area (Å²) in [7, 11) is 0. The van der Waals surface area contributed by atoms with Gasteiger partial charge in [-0.25, -0.2) is 0 Å². The summed E-state index contributed by atoms with van der Waals surface area (Å²) >= 11 is 0. The predicted octanol–water partition coefficient (Wildman–Crippen LogP) is 2.18. The molecule has 8 heavy (non-hydrogen) atoms. The van der Waals surface area contributed by atoms with Crippen LogP contribution in [0.2, 0.25) is 0 Å². The summed E-state index contributed by atoms with van der Waals surface area (Å²) in [6, 6.07) is 0. The van der Waals surface area contributed by atoms with Crippen molar-refractivity contribution in [3.63, 3.8) is 0 Å². The van der Waals surface area contributed by atoms with E-state index in [1.165, 1.54) is 19.3 Å². The van der Waals surface area contributed by atoms with Gasteiger partial charge in [0.2, 0.25) is 0 Å². The van der Waals surface area contributed by atoms with Gasteiger partial charge in [-0.2, -0.15) is 0 Å². The summed E-state index contributed by atoms with van der Waals surface area (Å²) in [6.07, 6.45) is 8.59. The Balaban J connectivity index is 2.25. The molecule has 0 aromatic carbocycles. The van der Waals surface area contributed by atoms with E-state index in [4.69, 9.17) is 0 Å². The Kier molecular flexibility index (Phi) is 0.677. The van der Waals surface area contributed by atoms with Crippen molar-refractivity contribution in [1.82, 2.24) is 0 Å². The maximum absolute atomic E-state index is 4.11. The molecule has 0 aromatic heterocycles. The van der Waals surface area contributed by atoms with Crippen LogP contribution in [0.4, 0.5) is 0 Å². The van der Waals surface area contributed by atoms with Gasteiger partial charge in [0.05, 0.1) is 0 Å². The molecular weight excluding hydrogens is 96.1 g/mol. The van der Waals surface area contributed by atoms with E-state index in [1.807, 2.05) is 0 Å². The molecule has 0 heteroatoms. The van der Waals surface area contributed by atoms with E-state index in [1.54, 1.807) is 0 Å². The maximum atomic E-state index is 4.11. The quantitative estimate of drug-likeness (QED) is 0.416. The molecule has 43 valence electrons. The Hall–Kier alpha value is -0.260. The average molecular weight is 107 g/mol. The molecule has 3 aliphatic carbocycles. The fraction of sp³-hybridized carbons (Fsp3) is 0.625. The summed E-state index contributed by atoms with van der Waals surface area (Å²) in [5.41, 5.74) is 0.392. The molecule has 1 radical (unpaired) electrons. The lowest BCUT2D eigenvalue weighted by Crippen LogP contribution is -2.35. The highest BCUT2D eigenvalue weighted by atomic mass is 14.4. The fourth-order valence-electron chi connectivity index (χ4n) is 1.90. The van der Waals surface area contributed by atoms with Crippen LogP contribution in [0.1, 0.15) is 19.3 Å². The smallest absolute Gasteiger partial charge is 0.0112 e. The first-order valence-corrected chi connectivity index (χ1v) is 3.32. The zero-order valence-corrected chi connectivity index (χ0v) is 5.06. The Bertz CT molecular complexity index is 127. The first kappa shape index (κ1) is 4.60. The fourth-order valence-corrected chi connectivity index (χ4v) is 1.90. The molecule has 0 spiro atoms. The third-order valence-electron chi connectivity index (χ3n) is 2.33. The Morgan fingerprint density at radius 3 is 2.50 bits per heavy atom. The second kappa shape index (κ2) is 1.18. The van der Waals surface area contributed by atoms with Crippen molar-refractivity contribution in [2.45, 2.75) is 19.3 Å². The van der Waals surface area contributed by atoms with Gasteiger partial charge in [0.1, 0.15) is 0 Å². The van der Waals surface area contributed by atoms with E-state index < -0.39 is 0 Å². The van der Waals surface area contributed by atoms with Gasteiger partial charge >= 0.3 is 0 Å². The van der Waals surface area contributed by atoms with Crippen molar-refractivity contribution < 1.29 is 0 Å². The highest BCUT2D eigenvalue weighted by Crippen LogP contribution is 2.50. The van der Waals surface area contributed by atoms with Gasteiger partial charge < -0.3 is 0 Å². The van der Waals surface area contributed by atoms with E-state index in [-0.39, 0.29) is 0 Å². The summed E-state index contributed by atoms with van der Waals surface area (Å²) in [4.78, 5) is 0. The van der Waals surface area contributed by atoms with E-state index in [0.29, 0.717) is 5.41 Å². The van der Waals surface area contributed by atoms with Gasteiger partial charge in [0.25, 0.3) is 0 Å². The van der Waals surface area contributed by atoms with E-state index >= 15 is 0 Å². The van der Waals surface area contributed by atoms with Crippen molar-refractivity contribution in [2.75, 3.05) is 0 Å². The highest BCUT2D eigenvalue weighted by Gasteiger charge is 2.39. The van der Waals surface area contributed by atoms with Gasteiger partial charge in [-0.05, 0) is 37.5 Å². The number of fused-ring (bicyclic) bond motifs is 1. The predicted molar refractivity (Wildman–Crippen MR) is 34.3 cm³/mol. The minimum Gasteiger partial charge on any atom is -0.0877 e. The normalized spacial score (nSPS) is 50.9. The van der Waals surface area contributed by atoms with Crippen LogP contribution < -0.4 is 0 Å². The largest absolute Gasteiger partial charge is 0.0877 e. The molecule has 0 aromatic rings. The Morgan fingerprint density at radius 2 is 2.25 bits per heavy atom. The molecule has 0 N–H and O–H groups in total. The van der Waals surface area contributed by atoms with Crippen molar-refractivity contribution in [3.8, 4) is 0 Å². The molecule has 0 atom stereocenters. The average Bonchev–Trinajstić information content (AvgIpc) is 1.63. The zero-order valence-electron chi connectivity index (χ0n) is 5.06. The first-order chi connectivity index (χ1) is 3.79. The SMILES string of the molecule is [CH2]C12C=CCC(C1)C2. The molecule has 3 aliphatic rings. The van der Waals surface area contributed by atoms with E-state index in [0.717, 1.165) is 5.92 Å². The summed E-state index contributed by atoms with van der Waals surface area (Å²) in [5, 5.41) is 0. The van der Waals surface area contributed by atoms with Crippen LogP contribution in [0.3, 0.4) is 0 Å². The highest BCUT2D eigenvalue weighted by molar-refractivity contribution is 5.15. The number of hydrogen-bond donors (Lipinski definition) is 0. The van der Waals surface area contributed by atoms with Gasteiger partial charge in [-0.3, -0.25) is 0 Å². The molecule has 0 unspecified atom stereocenters. The van der Waals surface area contributed by atoms with Crippen LogP contribution in [-0.2, 0) is 0 Å². The molecule has 3 rings (SSSR count). The number of allylic oxidation sites excluding steroid dienone is 2. The van der Waals surface area contributed by atoms with Gasteiger partial charge in [-0.15, -0.1) is 0 Å². The molecular formula is C8H11. The van der Waals surface area contributed by atoms with Gasteiger partial charge in [0.15, 0.2) is 0 Å². The van der Waals surface area contributed by atoms with Crippen LogP contribution in [0.5, 0.6) is 0 Å². The Labute approximate surface area is 50.6 Å². The monoisotopic (exact) mass is 107 g/mol. The van der Waals surface area contributed by atoms with Crippen molar-refractivity contribution in [3.05, 3.63) is 19.1 Å². The number of rotatable bonds is 0. The summed E-state index contributed by atoms with van der Waals surface area (Å²) < 4.78 is 0. The minimum atomic E-state index is 0.392. The van der Waals surface area contributed by atoms with Gasteiger partial charge in [0, 0.05) is 0 Å². The summed E-state index contributed by atoms with van der Waals surface area (Å²) in [5.74, 6) is 0.998. The van der Waals surface area contributed by atoms with Gasteiger partial charge in [-0.1, -0.05) is 12.2 Å². The van der Waals surface area contributed by atoms with Crippen LogP contribution in [0, 0.1) is 18.3 Å². The minimum absolute atomic E-state index is 0.392. The molecule has 2 bridgehead atoms. The van der Waals surface area contributed by atoms with Crippen molar-refractivity contribution in [2.24, 2.45) is 11.3 Å². The lowest BCUT2D eigenvalue weighted by molar-refractivity contribution is 0.144. The van der Waals surface area contributed by atoms with Crippen LogP contribution in [0.15, 0.2) is 12.2 Å². The Morgan fingerprint density at radius 1 is 1.50 bits per heavy atom. The molecule has 0 nitrogen and oxygen atoms in total. The zero-order chi connectivity index (χ0) is 5.61. The van der Waals surface area contributed by atoms with Crippen LogP contribution in [-0.4, -0.2) is 0 Å². The number of hydrogen-bond acceptors (Lipinski definition) is 0. The molecule has 1 fully saturated rings. The standard InChI is InChI=1S/C8H11/c1-8-4-2-3-7(5-8)6-8/h2,4,7H,1,3,5-6H2. The molecule has 1 saturated carbocycles. The second-order valence-electron chi connectivity index (χ2n) is 3.27.